The number of carboxylic acid groups (broad SMARTS) is 1. The number of rotatable bonds is 2. The summed E-state index contributed by atoms with van der Waals surface area (Å²) in [6.45, 7) is 3.74. The third-order valence-electron chi connectivity index (χ3n) is 4.55. The summed E-state index contributed by atoms with van der Waals surface area (Å²) >= 11 is 0. The van der Waals surface area contributed by atoms with Gasteiger partial charge in [-0.2, -0.15) is 5.26 Å². The Balaban J connectivity index is 2.07. The standard InChI is InChI=1S/C15H17N3O2/c1-8-5-14(12(7-16)9(2)17-8)18-10-3-4-13(18)11(6-10)15(19)20/h5,10-11,13H,3-4,6H2,1-2H3,(H,19,20). The molecule has 20 heavy (non-hydrogen) atoms. The van der Waals surface area contributed by atoms with Crippen LogP contribution in [-0.2, 0) is 4.79 Å². The molecular formula is C15H17N3O2. The van der Waals surface area contributed by atoms with Gasteiger partial charge in [-0.25, -0.2) is 0 Å². The molecule has 2 saturated heterocycles. The highest BCUT2D eigenvalue weighted by atomic mass is 16.4. The largest absolute Gasteiger partial charge is 0.481 e. The third-order valence-corrected chi connectivity index (χ3v) is 4.55. The average molecular weight is 271 g/mol. The molecule has 2 bridgehead atoms. The number of nitriles is 1. The van der Waals surface area contributed by atoms with Gasteiger partial charge in [0.15, 0.2) is 0 Å². The molecule has 3 unspecified atom stereocenters. The predicted molar refractivity (Wildman–Crippen MR) is 73.5 cm³/mol. The topological polar surface area (TPSA) is 77.2 Å². The highest BCUT2D eigenvalue weighted by molar-refractivity contribution is 5.75. The van der Waals surface area contributed by atoms with E-state index in [1.165, 1.54) is 0 Å². The molecule has 5 nitrogen and oxygen atoms in total. The first-order valence-electron chi connectivity index (χ1n) is 6.92. The van der Waals surface area contributed by atoms with Crippen molar-refractivity contribution >= 4 is 11.7 Å². The summed E-state index contributed by atoms with van der Waals surface area (Å²) in [5.74, 6) is -1.03. The molecule has 0 aromatic carbocycles. The van der Waals surface area contributed by atoms with Crippen molar-refractivity contribution in [3.05, 3.63) is 23.0 Å². The van der Waals surface area contributed by atoms with Crippen molar-refractivity contribution in [2.24, 2.45) is 5.92 Å². The number of hydrogen-bond acceptors (Lipinski definition) is 4. The van der Waals surface area contributed by atoms with E-state index in [0.29, 0.717) is 12.0 Å². The molecule has 3 heterocycles. The van der Waals surface area contributed by atoms with Crippen LogP contribution in [-0.4, -0.2) is 28.1 Å². The third kappa shape index (κ3) is 1.75. The number of aryl methyl sites for hydroxylation is 2. The molecule has 1 aromatic rings. The van der Waals surface area contributed by atoms with E-state index in [-0.39, 0.29) is 18.0 Å². The lowest BCUT2D eigenvalue weighted by atomic mass is 9.89. The number of fused-ring (bicyclic) bond motifs is 2. The molecule has 3 rings (SSSR count). The van der Waals surface area contributed by atoms with E-state index >= 15 is 0 Å². The minimum absolute atomic E-state index is 0.0193. The molecule has 0 saturated carbocycles. The van der Waals surface area contributed by atoms with E-state index in [9.17, 15) is 15.2 Å². The number of aromatic nitrogens is 1. The van der Waals surface area contributed by atoms with Crippen LogP contribution in [0, 0.1) is 31.1 Å². The van der Waals surface area contributed by atoms with Gasteiger partial charge >= 0.3 is 5.97 Å². The van der Waals surface area contributed by atoms with Crippen molar-refractivity contribution in [1.82, 2.24) is 4.98 Å². The first kappa shape index (κ1) is 12.9. The van der Waals surface area contributed by atoms with Crippen molar-refractivity contribution in [1.29, 1.82) is 5.26 Å². The zero-order chi connectivity index (χ0) is 14.4. The van der Waals surface area contributed by atoms with E-state index in [1.54, 1.807) is 0 Å². The predicted octanol–water partition coefficient (Wildman–Crippen LogP) is 2.01. The van der Waals surface area contributed by atoms with Crippen molar-refractivity contribution in [3.63, 3.8) is 0 Å². The molecule has 2 aliphatic heterocycles. The van der Waals surface area contributed by atoms with Crippen molar-refractivity contribution in [2.75, 3.05) is 4.90 Å². The maximum absolute atomic E-state index is 11.4. The zero-order valence-corrected chi connectivity index (χ0v) is 11.6. The molecule has 0 radical (unpaired) electrons. The summed E-state index contributed by atoms with van der Waals surface area (Å²) in [5.41, 5.74) is 3.04. The Morgan fingerprint density at radius 1 is 1.50 bits per heavy atom. The van der Waals surface area contributed by atoms with E-state index < -0.39 is 5.97 Å². The maximum atomic E-state index is 11.4. The summed E-state index contributed by atoms with van der Waals surface area (Å²) in [6, 6.07) is 4.41. The Labute approximate surface area is 117 Å². The monoisotopic (exact) mass is 271 g/mol. The highest BCUT2D eigenvalue weighted by Crippen LogP contribution is 2.45. The number of aliphatic carboxylic acids is 1. The van der Waals surface area contributed by atoms with E-state index in [2.05, 4.69) is 16.0 Å². The minimum atomic E-state index is -0.719. The quantitative estimate of drug-likeness (QED) is 0.890. The summed E-state index contributed by atoms with van der Waals surface area (Å²) in [6.07, 6.45) is 2.60. The van der Waals surface area contributed by atoms with E-state index in [1.807, 2.05) is 19.9 Å². The van der Waals surface area contributed by atoms with Crippen LogP contribution < -0.4 is 4.90 Å². The van der Waals surface area contributed by atoms with Crippen LogP contribution in [0.1, 0.15) is 36.2 Å². The van der Waals surface area contributed by atoms with Gasteiger partial charge in [0.25, 0.3) is 0 Å². The van der Waals surface area contributed by atoms with Gasteiger partial charge in [0.05, 0.1) is 22.9 Å². The fourth-order valence-electron chi connectivity index (χ4n) is 3.78. The van der Waals surface area contributed by atoms with Gasteiger partial charge in [-0.3, -0.25) is 9.78 Å². The number of nitrogens with zero attached hydrogens (tertiary/aromatic N) is 3. The number of carboxylic acids is 1. The van der Waals surface area contributed by atoms with Gasteiger partial charge in [0, 0.05) is 17.8 Å². The molecule has 1 N–H and O–H groups in total. The average Bonchev–Trinajstić information content (AvgIpc) is 2.95. The molecular weight excluding hydrogens is 254 g/mol. The van der Waals surface area contributed by atoms with Gasteiger partial charge in [-0.1, -0.05) is 0 Å². The van der Waals surface area contributed by atoms with Crippen LogP contribution in [0.25, 0.3) is 0 Å². The lowest BCUT2D eigenvalue weighted by Crippen LogP contribution is -2.33. The Kier molecular flexibility index (Phi) is 2.89. The number of hydrogen-bond donors (Lipinski definition) is 1. The van der Waals surface area contributed by atoms with Gasteiger partial charge < -0.3 is 10.0 Å². The molecule has 0 spiro atoms. The van der Waals surface area contributed by atoms with Crippen molar-refractivity contribution < 1.29 is 9.90 Å². The Morgan fingerprint density at radius 2 is 2.25 bits per heavy atom. The Bertz CT molecular complexity index is 620. The molecule has 2 fully saturated rings. The number of pyridine rings is 1. The summed E-state index contributed by atoms with van der Waals surface area (Å²) in [5, 5.41) is 18.7. The van der Waals surface area contributed by atoms with E-state index in [4.69, 9.17) is 0 Å². The second kappa shape index (κ2) is 4.48. The van der Waals surface area contributed by atoms with Crippen LogP contribution in [0.3, 0.4) is 0 Å². The van der Waals surface area contributed by atoms with Crippen molar-refractivity contribution in [3.8, 4) is 6.07 Å². The summed E-state index contributed by atoms with van der Waals surface area (Å²) in [4.78, 5) is 17.9. The second-order valence-electron chi connectivity index (χ2n) is 5.74. The molecule has 2 aliphatic rings. The fraction of sp³-hybridized carbons (Fsp3) is 0.533. The molecule has 104 valence electrons. The zero-order valence-electron chi connectivity index (χ0n) is 11.6. The smallest absolute Gasteiger partial charge is 0.308 e. The van der Waals surface area contributed by atoms with Crippen LogP contribution in [0.2, 0.25) is 0 Å². The molecule has 0 aliphatic carbocycles. The molecule has 0 amide bonds. The number of anilines is 1. The summed E-state index contributed by atoms with van der Waals surface area (Å²) < 4.78 is 0. The SMILES string of the molecule is Cc1cc(N2C3CCC2C(C(=O)O)C3)c(C#N)c(C)n1. The first-order chi connectivity index (χ1) is 9.52. The van der Waals surface area contributed by atoms with Crippen LogP contribution in [0.4, 0.5) is 5.69 Å². The highest BCUT2D eigenvalue weighted by Gasteiger charge is 2.50. The van der Waals surface area contributed by atoms with Gasteiger partial charge in [0.2, 0.25) is 0 Å². The van der Waals surface area contributed by atoms with Crippen molar-refractivity contribution in [2.45, 2.75) is 45.2 Å². The van der Waals surface area contributed by atoms with Crippen LogP contribution in [0.5, 0.6) is 0 Å². The molecule has 3 atom stereocenters. The van der Waals surface area contributed by atoms with Gasteiger partial charge in [-0.05, 0) is 39.2 Å². The van der Waals surface area contributed by atoms with Crippen LogP contribution in [0.15, 0.2) is 6.07 Å². The first-order valence-corrected chi connectivity index (χ1v) is 6.92. The maximum Gasteiger partial charge on any atom is 0.308 e. The normalized spacial score (nSPS) is 27.6. The summed E-state index contributed by atoms with van der Waals surface area (Å²) in [7, 11) is 0. The fourth-order valence-corrected chi connectivity index (χ4v) is 3.78. The number of carbonyl (C=O) groups is 1. The Morgan fingerprint density at radius 3 is 2.85 bits per heavy atom. The second-order valence-corrected chi connectivity index (χ2v) is 5.74. The molecule has 1 aromatic heterocycles. The Hall–Kier alpha value is -2.09. The lowest BCUT2D eigenvalue weighted by Gasteiger charge is -2.27. The minimum Gasteiger partial charge on any atom is -0.481 e. The molecule has 5 heteroatoms. The van der Waals surface area contributed by atoms with Gasteiger partial charge in [0.1, 0.15) is 6.07 Å². The van der Waals surface area contributed by atoms with Gasteiger partial charge in [-0.15, -0.1) is 0 Å². The van der Waals surface area contributed by atoms with E-state index in [0.717, 1.165) is 29.9 Å². The van der Waals surface area contributed by atoms with Crippen LogP contribution >= 0.6 is 0 Å². The lowest BCUT2D eigenvalue weighted by molar-refractivity contribution is -0.142.